The summed E-state index contributed by atoms with van der Waals surface area (Å²) in [6.45, 7) is 3.81. The highest BCUT2D eigenvalue weighted by Crippen LogP contribution is 2.32. The van der Waals surface area contributed by atoms with Gasteiger partial charge in [-0.3, -0.25) is 0 Å². The third-order valence-electron chi connectivity index (χ3n) is 3.82. The van der Waals surface area contributed by atoms with E-state index in [1.54, 1.807) is 13.0 Å². The molecule has 0 spiro atoms. The summed E-state index contributed by atoms with van der Waals surface area (Å²) in [5, 5.41) is 0. The van der Waals surface area contributed by atoms with Crippen LogP contribution in [0.3, 0.4) is 0 Å². The summed E-state index contributed by atoms with van der Waals surface area (Å²) in [5.74, 6) is 0.751. The van der Waals surface area contributed by atoms with E-state index < -0.39 is 0 Å². The van der Waals surface area contributed by atoms with Gasteiger partial charge in [-0.25, -0.2) is 4.39 Å². The second kappa shape index (κ2) is 4.91. The van der Waals surface area contributed by atoms with Crippen molar-refractivity contribution in [2.24, 2.45) is 5.73 Å². The van der Waals surface area contributed by atoms with Gasteiger partial charge >= 0.3 is 0 Å². The maximum atomic E-state index is 13.3. The fourth-order valence-corrected chi connectivity index (χ4v) is 2.69. The molecule has 3 rings (SSSR count). The van der Waals surface area contributed by atoms with E-state index in [1.807, 2.05) is 18.2 Å². The van der Waals surface area contributed by atoms with Crippen LogP contribution in [0.15, 0.2) is 36.4 Å². The van der Waals surface area contributed by atoms with Gasteiger partial charge < -0.3 is 10.5 Å². The van der Waals surface area contributed by atoms with Crippen LogP contribution in [0.25, 0.3) is 0 Å². The number of hydrogen-bond acceptors (Lipinski definition) is 2. The van der Waals surface area contributed by atoms with Gasteiger partial charge in [0.1, 0.15) is 17.7 Å². The number of rotatable bonds is 2. The van der Waals surface area contributed by atoms with E-state index in [0.29, 0.717) is 5.56 Å². The molecule has 0 aliphatic carbocycles. The first-order valence-corrected chi connectivity index (χ1v) is 6.85. The number of benzene rings is 2. The Morgan fingerprint density at radius 2 is 1.90 bits per heavy atom. The van der Waals surface area contributed by atoms with Gasteiger partial charge in [0.2, 0.25) is 0 Å². The van der Waals surface area contributed by atoms with E-state index in [9.17, 15) is 4.39 Å². The fourth-order valence-electron chi connectivity index (χ4n) is 2.69. The number of ether oxygens (including phenoxy) is 1. The minimum absolute atomic E-state index is 0.197. The maximum Gasteiger partial charge on any atom is 0.126 e. The molecule has 3 heteroatoms. The second-order valence-corrected chi connectivity index (χ2v) is 5.49. The molecular formula is C17H18FNO. The topological polar surface area (TPSA) is 35.2 Å². The van der Waals surface area contributed by atoms with Crippen LogP contribution >= 0.6 is 0 Å². The second-order valence-electron chi connectivity index (χ2n) is 5.49. The standard InChI is InChI=1S/C17H18FNO/c1-10-7-12(3-5-15(10)18)17(19)13-4-6-16-14(9-13)8-11(2)20-16/h3-7,9,11,17H,8,19H2,1-2H3. The Morgan fingerprint density at radius 1 is 1.20 bits per heavy atom. The lowest BCUT2D eigenvalue weighted by molar-refractivity contribution is 0.254. The fraction of sp³-hybridized carbons (Fsp3) is 0.294. The zero-order valence-corrected chi connectivity index (χ0v) is 11.7. The minimum atomic E-state index is -0.240. The first-order chi connectivity index (χ1) is 9.54. The number of halogens is 1. The number of hydrogen-bond donors (Lipinski definition) is 1. The Bertz CT molecular complexity index is 653. The average Bonchev–Trinajstić information content (AvgIpc) is 2.80. The summed E-state index contributed by atoms with van der Waals surface area (Å²) in [5.41, 5.74) is 10.1. The van der Waals surface area contributed by atoms with Crippen molar-refractivity contribution in [3.8, 4) is 5.75 Å². The van der Waals surface area contributed by atoms with Gasteiger partial charge in [0.05, 0.1) is 6.04 Å². The van der Waals surface area contributed by atoms with Gasteiger partial charge in [-0.15, -0.1) is 0 Å². The van der Waals surface area contributed by atoms with Crippen LogP contribution in [0.1, 0.15) is 35.2 Å². The van der Waals surface area contributed by atoms with E-state index >= 15 is 0 Å². The smallest absolute Gasteiger partial charge is 0.126 e. The summed E-state index contributed by atoms with van der Waals surface area (Å²) >= 11 is 0. The van der Waals surface area contributed by atoms with Crippen LogP contribution in [0, 0.1) is 12.7 Å². The molecule has 0 fully saturated rings. The number of fused-ring (bicyclic) bond motifs is 1. The Morgan fingerprint density at radius 3 is 2.65 bits per heavy atom. The van der Waals surface area contributed by atoms with Crippen molar-refractivity contribution in [3.63, 3.8) is 0 Å². The van der Waals surface area contributed by atoms with Crippen LogP contribution < -0.4 is 10.5 Å². The number of nitrogens with two attached hydrogens (primary N) is 1. The molecule has 2 unspecified atom stereocenters. The van der Waals surface area contributed by atoms with Crippen molar-refractivity contribution >= 4 is 0 Å². The molecule has 0 radical (unpaired) electrons. The first-order valence-electron chi connectivity index (χ1n) is 6.85. The summed E-state index contributed by atoms with van der Waals surface area (Å²) < 4.78 is 19.0. The summed E-state index contributed by atoms with van der Waals surface area (Å²) in [7, 11) is 0. The highest BCUT2D eigenvalue weighted by molar-refractivity contribution is 5.44. The SMILES string of the molecule is Cc1cc(C(N)c2ccc3c(c2)CC(C)O3)ccc1F. The van der Waals surface area contributed by atoms with E-state index in [0.717, 1.165) is 23.3 Å². The largest absolute Gasteiger partial charge is 0.490 e. The first kappa shape index (κ1) is 13.1. The van der Waals surface area contributed by atoms with Crippen molar-refractivity contribution in [1.82, 2.24) is 0 Å². The molecule has 2 nitrogen and oxygen atoms in total. The van der Waals surface area contributed by atoms with E-state index in [-0.39, 0.29) is 18.0 Å². The molecule has 20 heavy (non-hydrogen) atoms. The van der Waals surface area contributed by atoms with Crippen molar-refractivity contribution in [2.75, 3.05) is 0 Å². The lowest BCUT2D eigenvalue weighted by Crippen LogP contribution is -2.12. The quantitative estimate of drug-likeness (QED) is 0.907. The minimum Gasteiger partial charge on any atom is -0.490 e. The molecule has 1 aliphatic rings. The summed E-state index contributed by atoms with van der Waals surface area (Å²) in [6.07, 6.45) is 1.14. The third-order valence-corrected chi connectivity index (χ3v) is 3.82. The van der Waals surface area contributed by atoms with Crippen molar-refractivity contribution in [3.05, 3.63) is 64.5 Å². The molecule has 0 aromatic heterocycles. The highest BCUT2D eigenvalue weighted by Gasteiger charge is 2.20. The molecule has 0 saturated heterocycles. The van der Waals surface area contributed by atoms with Crippen LogP contribution in [0.4, 0.5) is 4.39 Å². The monoisotopic (exact) mass is 271 g/mol. The summed E-state index contributed by atoms with van der Waals surface area (Å²) in [4.78, 5) is 0. The van der Waals surface area contributed by atoms with Gasteiger partial charge in [-0.2, -0.15) is 0 Å². The number of aryl methyl sites for hydroxylation is 1. The molecule has 2 N–H and O–H groups in total. The molecule has 0 bridgehead atoms. The molecular weight excluding hydrogens is 253 g/mol. The van der Waals surface area contributed by atoms with Gasteiger partial charge in [0.25, 0.3) is 0 Å². The predicted molar refractivity (Wildman–Crippen MR) is 77.4 cm³/mol. The molecule has 2 aromatic rings. The van der Waals surface area contributed by atoms with E-state index in [2.05, 4.69) is 13.0 Å². The van der Waals surface area contributed by atoms with Crippen LogP contribution in [0.2, 0.25) is 0 Å². The van der Waals surface area contributed by atoms with Crippen LogP contribution in [0.5, 0.6) is 5.75 Å². The Labute approximate surface area is 118 Å². The van der Waals surface area contributed by atoms with Crippen molar-refractivity contribution in [1.29, 1.82) is 0 Å². The molecule has 1 heterocycles. The van der Waals surface area contributed by atoms with Crippen molar-refractivity contribution < 1.29 is 9.13 Å². The average molecular weight is 271 g/mol. The molecule has 2 aromatic carbocycles. The predicted octanol–water partition coefficient (Wildman–Crippen LogP) is 3.51. The lowest BCUT2D eigenvalue weighted by atomic mass is 9.96. The lowest BCUT2D eigenvalue weighted by Gasteiger charge is -2.14. The van der Waals surface area contributed by atoms with E-state index in [1.165, 1.54) is 11.6 Å². The molecule has 0 saturated carbocycles. The zero-order chi connectivity index (χ0) is 14.3. The Kier molecular flexibility index (Phi) is 3.22. The van der Waals surface area contributed by atoms with Gasteiger partial charge in [0.15, 0.2) is 0 Å². The highest BCUT2D eigenvalue weighted by atomic mass is 19.1. The Hall–Kier alpha value is -1.87. The molecule has 2 atom stereocenters. The van der Waals surface area contributed by atoms with Gasteiger partial charge in [-0.1, -0.05) is 24.3 Å². The molecule has 0 amide bonds. The Balaban J connectivity index is 1.93. The van der Waals surface area contributed by atoms with Crippen LogP contribution in [-0.2, 0) is 6.42 Å². The van der Waals surface area contributed by atoms with Crippen molar-refractivity contribution in [2.45, 2.75) is 32.4 Å². The summed E-state index contributed by atoms with van der Waals surface area (Å²) in [6, 6.07) is 10.9. The van der Waals surface area contributed by atoms with Crippen LogP contribution in [-0.4, -0.2) is 6.10 Å². The zero-order valence-electron chi connectivity index (χ0n) is 11.7. The maximum absolute atomic E-state index is 13.3. The van der Waals surface area contributed by atoms with Gasteiger partial charge in [-0.05, 0) is 48.2 Å². The normalized spacial score (nSPS) is 18.5. The third kappa shape index (κ3) is 2.29. The molecule has 1 aliphatic heterocycles. The van der Waals surface area contributed by atoms with Gasteiger partial charge in [0, 0.05) is 6.42 Å². The molecule has 104 valence electrons. The van der Waals surface area contributed by atoms with E-state index in [4.69, 9.17) is 10.5 Å².